The molecule has 0 saturated heterocycles. The molecule has 24 heavy (non-hydrogen) atoms. The zero-order valence-electron chi connectivity index (χ0n) is 13.0. The lowest BCUT2D eigenvalue weighted by atomic mass is 10.3. The topological polar surface area (TPSA) is 50.3 Å². The maximum absolute atomic E-state index is 13.0. The van der Waals surface area contributed by atoms with Gasteiger partial charge < -0.3 is 0 Å². The quantitative estimate of drug-likeness (QED) is 0.607. The lowest BCUT2D eigenvalue weighted by Crippen LogP contribution is -2.34. The number of aromatic nitrogens is 1. The molecule has 8 heteroatoms. The summed E-state index contributed by atoms with van der Waals surface area (Å²) in [6, 6.07) is 8.64. The Balaban J connectivity index is 2.32. The van der Waals surface area contributed by atoms with Gasteiger partial charge in [0.25, 0.3) is 0 Å². The monoisotopic (exact) mass is 450 g/mol. The Hall–Kier alpha value is -0.660. The summed E-state index contributed by atoms with van der Waals surface area (Å²) in [5.41, 5.74) is 0.835. The molecule has 1 aromatic heterocycles. The molecule has 0 spiro atoms. The second-order valence-corrected chi connectivity index (χ2v) is 8.78. The molecule has 0 bridgehead atoms. The third-order valence-corrected chi connectivity index (χ3v) is 6.66. The average Bonchev–Trinajstić information content (AvgIpc) is 2.51. The van der Waals surface area contributed by atoms with Crippen LogP contribution in [-0.2, 0) is 16.4 Å². The molecule has 1 aromatic carbocycles. The summed E-state index contributed by atoms with van der Waals surface area (Å²) >= 11 is 15.6. The normalized spacial score (nSPS) is 11.9. The van der Waals surface area contributed by atoms with Crippen molar-refractivity contribution < 1.29 is 8.42 Å². The van der Waals surface area contributed by atoms with Gasteiger partial charge in [-0.1, -0.05) is 52.1 Å². The molecule has 0 N–H and O–H groups in total. The van der Waals surface area contributed by atoms with Gasteiger partial charge >= 0.3 is 0 Å². The van der Waals surface area contributed by atoms with E-state index in [1.54, 1.807) is 6.20 Å². The molecule has 0 aliphatic heterocycles. The van der Waals surface area contributed by atoms with Crippen LogP contribution in [0.25, 0.3) is 0 Å². The highest BCUT2D eigenvalue weighted by molar-refractivity contribution is 9.10. The van der Waals surface area contributed by atoms with Gasteiger partial charge in [0.1, 0.15) is 4.90 Å². The summed E-state index contributed by atoms with van der Waals surface area (Å²) < 4.78 is 28.1. The van der Waals surface area contributed by atoms with Crippen molar-refractivity contribution in [3.8, 4) is 0 Å². The largest absolute Gasteiger partial charge is 0.261 e. The van der Waals surface area contributed by atoms with Gasteiger partial charge in [0, 0.05) is 35.9 Å². The van der Waals surface area contributed by atoms with Gasteiger partial charge in [0.2, 0.25) is 10.0 Å². The van der Waals surface area contributed by atoms with E-state index in [4.69, 9.17) is 23.2 Å². The third-order valence-electron chi connectivity index (χ3n) is 3.38. The molecule has 0 amide bonds. The van der Waals surface area contributed by atoms with Crippen molar-refractivity contribution in [3.05, 3.63) is 56.7 Å². The van der Waals surface area contributed by atoms with E-state index < -0.39 is 10.0 Å². The maximum Gasteiger partial charge on any atom is 0.246 e. The Kier molecular flexibility index (Phi) is 7.07. The molecular weight excluding hydrogens is 435 g/mol. The van der Waals surface area contributed by atoms with E-state index in [1.165, 1.54) is 16.4 Å². The van der Waals surface area contributed by atoms with Crippen LogP contribution in [0, 0.1) is 0 Å². The minimum absolute atomic E-state index is 0.0523. The van der Waals surface area contributed by atoms with Gasteiger partial charge in [-0.25, -0.2) is 8.42 Å². The molecule has 4 nitrogen and oxygen atoms in total. The van der Waals surface area contributed by atoms with Crippen LogP contribution in [0.15, 0.2) is 45.9 Å². The Morgan fingerprint density at radius 2 is 1.83 bits per heavy atom. The van der Waals surface area contributed by atoms with Crippen molar-refractivity contribution >= 4 is 49.2 Å². The van der Waals surface area contributed by atoms with Gasteiger partial charge in [-0.2, -0.15) is 4.31 Å². The van der Waals surface area contributed by atoms with Crippen molar-refractivity contribution in [1.82, 2.24) is 9.29 Å². The first-order valence-corrected chi connectivity index (χ1v) is 10.4. The van der Waals surface area contributed by atoms with E-state index >= 15 is 0 Å². The molecule has 0 saturated carbocycles. The van der Waals surface area contributed by atoms with Gasteiger partial charge in [0.05, 0.1) is 10.0 Å². The first kappa shape index (κ1) is 19.7. The van der Waals surface area contributed by atoms with Crippen LogP contribution in [0.4, 0.5) is 0 Å². The maximum atomic E-state index is 13.0. The number of hydrogen-bond acceptors (Lipinski definition) is 3. The zero-order valence-corrected chi connectivity index (χ0v) is 17.0. The van der Waals surface area contributed by atoms with Crippen LogP contribution in [0.1, 0.15) is 19.0 Å². The number of rotatable bonds is 7. The van der Waals surface area contributed by atoms with Crippen molar-refractivity contribution in [2.75, 3.05) is 13.1 Å². The van der Waals surface area contributed by atoms with Crippen molar-refractivity contribution in [2.45, 2.75) is 24.7 Å². The summed E-state index contributed by atoms with van der Waals surface area (Å²) in [5, 5.41) is 0.210. The van der Waals surface area contributed by atoms with Crippen LogP contribution in [0.3, 0.4) is 0 Å². The summed E-state index contributed by atoms with van der Waals surface area (Å²) in [7, 11) is -3.79. The number of benzene rings is 1. The predicted molar refractivity (Wildman–Crippen MR) is 101 cm³/mol. The fraction of sp³-hybridized carbons (Fsp3) is 0.312. The fourth-order valence-corrected chi connectivity index (χ4v) is 5.71. The van der Waals surface area contributed by atoms with Crippen LogP contribution >= 0.6 is 39.1 Å². The first-order chi connectivity index (χ1) is 11.4. The zero-order chi connectivity index (χ0) is 17.7. The molecular formula is C16H17BrCl2N2O2S. The second kappa shape index (κ2) is 8.63. The van der Waals surface area contributed by atoms with E-state index in [9.17, 15) is 8.42 Å². The lowest BCUT2D eigenvalue weighted by Gasteiger charge is -2.23. The van der Waals surface area contributed by atoms with Gasteiger partial charge in [-0.05, 0) is 30.7 Å². The van der Waals surface area contributed by atoms with Gasteiger partial charge in [-0.3, -0.25) is 4.98 Å². The van der Waals surface area contributed by atoms with E-state index in [-0.39, 0.29) is 14.9 Å². The highest BCUT2D eigenvalue weighted by Gasteiger charge is 2.29. The number of pyridine rings is 1. The highest BCUT2D eigenvalue weighted by atomic mass is 79.9. The smallest absolute Gasteiger partial charge is 0.246 e. The molecule has 0 unspecified atom stereocenters. The van der Waals surface area contributed by atoms with Crippen LogP contribution in [0.2, 0.25) is 10.0 Å². The van der Waals surface area contributed by atoms with E-state index in [0.29, 0.717) is 30.4 Å². The third kappa shape index (κ3) is 4.70. The molecule has 1 heterocycles. The predicted octanol–water partition coefficient (Wildman–Crippen LogP) is 4.79. The van der Waals surface area contributed by atoms with Crippen LogP contribution in [-0.4, -0.2) is 30.8 Å². The van der Waals surface area contributed by atoms with Gasteiger partial charge in [-0.15, -0.1) is 0 Å². The van der Waals surface area contributed by atoms with E-state index in [2.05, 4.69) is 20.9 Å². The summed E-state index contributed by atoms with van der Waals surface area (Å²) in [6.07, 6.45) is 2.90. The number of halogens is 3. The molecule has 0 atom stereocenters. The SMILES string of the molecule is CCCN(CCc1ccccn1)S(=O)(=O)c1c(Cl)cc(Br)cc1Cl. The molecule has 130 valence electrons. The van der Waals surface area contributed by atoms with Crippen molar-refractivity contribution in [1.29, 1.82) is 0 Å². The summed E-state index contributed by atoms with van der Waals surface area (Å²) in [5.74, 6) is 0. The molecule has 0 aliphatic rings. The number of sulfonamides is 1. The number of hydrogen-bond donors (Lipinski definition) is 0. The van der Waals surface area contributed by atoms with Crippen molar-refractivity contribution in [2.24, 2.45) is 0 Å². The minimum Gasteiger partial charge on any atom is -0.261 e. The molecule has 0 radical (unpaired) electrons. The second-order valence-electron chi connectivity index (χ2n) is 5.17. The fourth-order valence-electron chi connectivity index (χ4n) is 2.29. The summed E-state index contributed by atoms with van der Waals surface area (Å²) in [4.78, 5) is 4.18. The lowest BCUT2D eigenvalue weighted by molar-refractivity contribution is 0.412. The Morgan fingerprint density at radius 1 is 1.17 bits per heavy atom. The molecule has 0 fully saturated rings. The van der Waals surface area contributed by atoms with E-state index in [1.807, 2.05) is 25.1 Å². The van der Waals surface area contributed by atoms with Gasteiger partial charge in [0.15, 0.2) is 0 Å². The van der Waals surface area contributed by atoms with E-state index in [0.717, 1.165) is 5.69 Å². The first-order valence-electron chi connectivity index (χ1n) is 7.41. The van der Waals surface area contributed by atoms with Crippen LogP contribution < -0.4 is 0 Å². The molecule has 2 rings (SSSR count). The Morgan fingerprint density at radius 3 is 2.38 bits per heavy atom. The Bertz CT molecular complexity index is 778. The number of nitrogens with zero attached hydrogens (tertiary/aromatic N) is 2. The minimum atomic E-state index is -3.79. The standard InChI is InChI=1S/C16H17BrCl2N2O2S/c1-2-8-21(9-6-13-5-3-4-7-20-13)24(22,23)16-14(18)10-12(17)11-15(16)19/h3-5,7,10-11H,2,6,8-9H2,1H3. The van der Waals surface area contributed by atoms with Crippen LogP contribution in [0.5, 0.6) is 0 Å². The molecule has 2 aromatic rings. The summed E-state index contributed by atoms with van der Waals surface area (Å²) in [6.45, 7) is 2.63. The highest BCUT2D eigenvalue weighted by Crippen LogP contribution is 2.34. The Labute approximate surface area is 161 Å². The molecule has 0 aliphatic carbocycles. The van der Waals surface area contributed by atoms with Crippen molar-refractivity contribution in [3.63, 3.8) is 0 Å². The average molecular weight is 452 g/mol.